The van der Waals surface area contributed by atoms with Crippen LogP contribution < -0.4 is 14.8 Å². The smallest absolute Gasteiger partial charge is 0.338 e. The lowest BCUT2D eigenvalue weighted by Crippen LogP contribution is -2.24. The van der Waals surface area contributed by atoms with Crippen molar-refractivity contribution in [1.82, 2.24) is 14.9 Å². The molecule has 0 unspecified atom stereocenters. The molecule has 5 rings (SSSR count). The molecule has 216 valence electrons. The molecule has 4 aromatic rings. The van der Waals surface area contributed by atoms with Gasteiger partial charge in [0.2, 0.25) is 0 Å². The fraction of sp³-hybridized carbons (Fsp3) is 0.226. The van der Waals surface area contributed by atoms with Gasteiger partial charge in [0.05, 0.1) is 50.2 Å². The number of benzene rings is 3. The van der Waals surface area contributed by atoms with Crippen molar-refractivity contribution in [2.45, 2.75) is 33.0 Å². The minimum atomic E-state index is -0.835. The van der Waals surface area contributed by atoms with Crippen molar-refractivity contribution < 1.29 is 32.6 Å². The number of nitrogens with one attached hydrogen (secondary N) is 1. The van der Waals surface area contributed by atoms with Crippen LogP contribution in [-0.4, -0.2) is 47.1 Å². The zero-order valence-corrected chi connectivity index (χ0v) is 23.4. The van der Waals surface area contributed by atoms with Gasteiger partial charge in [0.15, 0.2) is 5.82 Å². The summed E-state index contributed by atoms with van der Waals surface area (Å²) < 4.78 is 45.5. The molecular weight excluding hydrogens is 546 g/mol. The largest absolute Gasteiger partial charge is 0.497 e. The van der Waals surface area contributed by atoms with Gasteiger partial charge < -0.3 is 24.4 Å². The second kappa shape index (κ2) is 11.8. The molecule has 9 nitrogen and oxygen atoms in total. The number of fused-ring (bicyclic) bond motifs is 1. The van der Waals surface area contributed by atoms with Crippen LogP contribution >= 0.6 is 0 Å². The third-order valence-electron chi connectivity index (χ3n) is 6.59. The summed E-state index contributed by atoms with van der Waals surface area (Å²) in [5.41, 5.74) is 1.63. The Hall–Kier alpha value is -5.06. The third kappa shape index (κ3) is 5.71. The molecule has 0 bridgehead atoms. The molecule has 2 heterocycles. The van der Waals surface area contributed by atoms with Gasteiger partial charge in [-0.05, 0) is 62.4 Å². The summed E-state index contributed by atoms with van der Waals surface area (Å²) in [6, 6.07) is 15.1. The molecule has 1 N–H and O–H groups in total. The zero-order valence-electron chi connectivity index (χ0n) is 23.4. The van der Waals surface area contributed by atoms with Crippen molar-refractivity contribution in [3.63, 3.8) is 0 Å². The first-order valence-corrected chi connectivity index (χ1v) is 13.1. The van der Waals surface area contributed by atoms with Gasteiger partial charge in [-0.15, -0.1) is 0 Å². The van der Waals surface area contributed by atoms with E-state index in [2.05, 4.69) is 15.3 Å². The highest BCUT2D eigenvalue weighted by Crippen LogP contribution is 2.35. The molecule has 1 aliphatic rings. The standard InChI is InChI=1S/C31H28F2N4O5/c1-17(2)42-31(39)18-8-11-20(12-9-18)34-29-27-24(35-28(36-29)26-22(32)6-5-7-23(26)33)16-37(30(27)38)15-19-10-13-21(40-3)14-25(19)41-4/h5-14,17H,15-16H2,1-4H3,(H,34,35,36). The molecule has 0 radical (unpaired) electrons. The number of carbonyl (C=O) groups excluding carboxylic acids is 2. The van der Waals surface area contributed by atoms with E-state index >= 15 is 0 Å². The van der Waals surface area contributed by atoms with Crippen molar-refractivity contribution >= 4 is 23.4 Å². The molecule has 42 heavy (non-hydrogen) atoms. The summed E-state index contributed by atoms with van der Waals surface area (Å²) in [7, 11) is 3.07. The van der Waals surface area contributed by atoms with Gasteiger partial charge in [0.1, 0.15) is 34.5 Å². The number of rotatable bonds is 9. The maximum atomic E-state index is 14.8. The number of amides is 1. The van der Waals surface area contributed by atoms with Crippen molar-refractivity contribution in [2.75, 3.05) is 19.5 Å². The topological polar surface area (TPSA) is 103 Å². The number of carbonyl (C=O) groups is 2. The third-order valence-corrected chi connectivity index (χ3v) is 6.59. The number of anilines is 2. The molecule has 1 aliphatic heterocycles. The number of halogens is 2. The minimum Gasteiger partial charge on any atom is -0.497 e. The zero-order chi connectivity index (χ0) is 30.0. The average molecular weight is 575 g/mol. The first kappa shape index (κ1) is 28.5. The molecule has 0 saturated heterocycles. The lowest BCUT2D eigenvalue weighted by molar-refractivity contribution is 0.0377. The maximum absolute atomic E-state index is 14.8. The Morgan fingerprint density at radius 3 is 2.33 bits per heavy atom. The number of methoxy groups -OCH3 is 2. The number of hydrogen-bond acceptors (Lipinski definition) is 8. The van der Waals surface area contributed by atoms with E-state index in [1.54, 1.807) is 68.3 Å². The lowest BCUT2D eigenvalue weighted by Gasteiger charge is -2.18. The Labute approximate surface area is 241 Å². The predicted molar refractivity (Wildman–Crippen MR) is 151 cm³/mol. The van der Waals surface area contributed by atoms with E-state index in [9.17, 15) is 18.4 Å². The van der Waals surface area contributed by atoms with Gasteiger partial charge in [-0.1, -0.05) is 6.07 Å². The fourth-order valence-electron chi connectivity index (χ4n) is 4.60. The van der Waals surface area contributed by atoms with Crippen LogP contribution in [0.1, 0.15) is 45.8 Å². The van der Waals surface area contributed by atoms with Crippen molar-refractivity contribution in [3.8, 4) is 22.9 Å². The van der Waals surface area contributed by atoms with Crippen LogP contribution in [0, 0.1) is 11.6 Å². The number of esters is 1. The lowest BCUT2D eigenvalue weighted by atomic mass is 10.1. The summed E-state index contributed by atoms with van der Waals surface area (Å²) in [4.78, 5) is 36.3. The van der Waals surface area contributed by atoms with Gasteiger partial charge in [-0.25, -0.2) is 23.5 Å². The van der Waals surface area contributed by atoms with Crippen LogP contribution in [0.5, 0.6) is 11.5 Å². The molecule has 0 spiro atoms. The van der Waals surface area contributed by atoms with Gasteiger partial charge in [-0.2, -0.15) is 0 Å². The molecule has 1 amide bonds. The van der Waals surface area contributed by atoms with E-state index < -0.39 is 23.2 Å². The normalized spacial score (nSPS) is 12.4. The monoisotopic (exact) mass is 574 g/mol. The SMILES string of the molecule is COc1ccc(CN2Cc3nc(-c4c(F)cccc4F)nc(Nc4ccc(C(=O)OC(C)C)cc4)c3C2=O)c(OC)c1. The van der Waals surface area contributed by atoms with Gasteiger partial charge in [-0.3, -0.25) is 4.79 Å². The Morgan fingerprint density at radius 2 is 1.69 bits per heavy atom. The highest BCUT2D eigenvalue weighted by atomic mass is 19.1. The number of aromatic nitrogens is 2. The average Bonchev–Trinajstić information content (AvgIpc) is 3.28. The summed E-state index contributed by atoms with van der Waals surface area (Å²) >= 11 is 0. The highest BCUT2D eigenvalue weighted by molar-refractivity contribution is 6.03. The van der Waals surface area contributed by atoms with E-state index in [1.165, 1.54) is 13.2 Å². The van der Waals surface area contributed by atoms with Crippen LogP contribution in [0.25, 0.3) is 11.4 Å². The van der Waals surface area contributed by atoms with Crippen molar-refractivity contribution in [3.05, 3.63) is 94.7 Å². The maximum Gasteiger partial charge on any atom is 0.338 e. The Bertz CT molecular complexity index is 1640. The first-order chi connectivity index (χ1) is 20.2. The second-order valence-corrected chi connectivity index (χ2v) is 9.81. The van der Waals surface area contributed by atoms with Crippen molar-refractivity contribution in [2.24, 2.45) is 0 Å². The molecule has 0 atom stereocenters. The van der Waals surface area contributed by atoms with Crippen LogP contribution in [-0.2, 0) is 17.8 Å². The van der Waals surface area contributed by atoms with Crippen LogP contribution in [0.15, 0.2) is 60.7 Å². The Balaban J connectivity index is 1.52. The molecule has 0 fully saturated rings. The highest BCUT2D eigenvalue weighted by Gasteiger charge is 2.34. The molecular formula is C31H28F2N4O5. The number of nitrogens with zero attached hydrogens (tertiary/aromatic N) is 3. The number of ether oxygens (including phenoxy) is 3. The summed E-state index contributed by atoms with van der Waals surface area (Å²) in [6.45, 7) is 3.76. The molecule has 0 saturated carbocycles. The summed E-state index contributed by atoms with van der Waals surface area (Å²) in [5, 5.41) is 3.08. The first-order valence-electron chi connectivity index (χ1n) is 13.1. The minimum absolute atomic E-state index is 0.0730. The summed E-state index contributed by atoms with van der Waals surface area (Å²) in [6.07, 6.45) is -0.275. The summed E-state index contributed by atoms with van der Waals surface area (Å²) in [5.74, 6) is -1.52. The molecule has 0 aliphatic carbocycles. The van der Waals surface area contributed by atoms with Crippen LogP contribution in [0.3, 0.4) is 0 Å². The van der Waals surface area contributed by atoms with Crippen LogP contribution in [0.4, 0.5) is 20.3 Å². The molecule has 3 aromatic carbocycles. The van der Waals surface area contributed by atoms with E-state index in [0.717, 1.165) is 17.7 Å². The van der Waals surface area contributed by atoms with Gasteiger partial charge in [0, 0.05) is 17.3 Å². The van der Waals surface area contributed by atoms with Crippen LogP contribution in [0.2, 0.25) is 0 Å². The quantitative estimate of drug-likeness (QED) is 0.247. The second-order valence-electron chi connectivity index (χ2n) is 9.81. The Kier molecular flexibility index (Phi) is 8.01. The fourth-order valence-corrected chi connectivity index (χ4v) is 4.60. The molecule has 1 aromatic heterocycles. The van der Waals surface area contributed by atoms with Crippen molar-refractivity contribution in [1.29, 1.82) is 0 Å². The van der Waals surface area contributed by atoms with E-state index in [0.29, 0.717) is 28.4 Å². The van der Waals surface area contributed by atoms with Gasteiger partial charge >= 0.3 is 5.97 Å². The van der Waals surface area contributed by atoms with E-state index in [4.69, 9.17) is 14.2 Å². The Morgan fingerprint density at radius 1 is 0.976 bits per heavy atom. The number of hydrogen-bond donors (Lipinski definition) is 1. The van der Waals surface area contributed by atoms with Gasteiger partial charge in [0.25, 0.3) is 5.91 Å². The molecule has 11 heteroatoms. The van der Waals surface area contributed by atoms with E-state index in [1.807, 2.05) is 0 Å². The predicted octanol–water partition coefficient (Wildman–Crippen LogP) is 5.90. The van der Waals surface area contributed by atoms with E-state index in [-0.39, 0.29) is 42.3 Å².